The molecule has 0 saturated carbocycles. The normalized spacial score (nSPS) is 13.2. The number of hydrogen-bond donors (Lipinski definition) is 1. The quantitative estimate of drug-likeness (QED) is 0.0389. The van der Waals surface area contributed by atoms with Gasteiger partial charge in [-0.15, -0.1) is 0 Å². The summed E-state index contributed by atoms with van der Waals surface area (Å²) in [7, 11) is -0.738. The van der Waals surface area contributed by atoms with Crippen LogP contribution >= 0.6 is 7.82 Å². The van der Waals surface area contributed by atoms with Crippen molar-refractivity contribution in [2.45, 2.75) is 214 Å². The highest BCUT2D eigenvalue weighted by molar-refractivity contribution is 7.47. The van der Waals surface area contributed by atoms with Crippen LogP contribution in [0.1, 0.15) is 202 Å². The molecule has 2 atom stereocenters. The van der Waals surface area contributed by atoms with Crippen molar-refractivity contribution in [3.63, 3.8) is 0 Å². The minimum atomic E-state index is -4.38. The van der Waals surface area contributed by atoms with Crippen molar-refractivity contribution < 1.29 is 46.4 Å². The van der Waals surface area contributed by atoms with Crippen molar-refractivity contribution in [3.05, 3.63) is 46.3 Å². The van der Waals surface area contributed by atoms with Gasteiger partial charge in [-0.25, -0.2) is 4.57 Å². The molecule has 1 unspecified atom stereocenters. The lowest BCUT2D eigenvalue weighted by atomic mass is 10.0. The van der Waals surface area contributed by atoms with Crippen molar-refractivity contribution in [1.29, 1.82) is 0 Å². The highest BCUT2D eigenvalue weighted by Crippen LogP contribution is 2.43. The van der Waals surface area contributed by atoms with Gasteiger partial charge in [0, 0.05) is 45.1 Å². The fourth-order valence-corrected chi connectivity index (χ4v) is 8.22. The second kappa shape index (κ2) is 34.0. The van der Waals surface area contributed by atoms with E-state index in [1.165, 1.54) is 93.9 Å². The number of furan rings is 2. The van der Waals surface area contributed by atoms with Crippen LogP contribution < -0.4 is 0 Å². The van der Waals surface area contributed by atoms with E-state index in [1.54, 1.807) is 0 Å². The van der Waals surface area contributed by atoms with Crippen molar-refractivity contribution >= 4 is 19.8 Å². The number of phosphoric ester groups is 1. The Balaban J connectivity index is 1.57. The lowest BCUT2D eigenvalue weighted by Gasteiger charge is -2.20. The summed E-state index contributed by atoms with van der Waals surface area (Å²) >= 11 is 0. The van der Waals surface area contributed by atoms with Crippen LogP contribution in [0.2, 0.25) is 0 Å². The molecule has 0 spiro atoms. The number of likely N-dealkylation sites (N-methyl/N-ethyl adjacent to an activating group) is 1. The molecule has 61 heavy (non-hydrogen) atoms. The molecule has 0 amide bonds. The Morgan fingerprint density at radius 1 is 0.607 bits per heavy atom. The second-order valence-electron chi connectivity index (χ2n) is 17.4. The smallest absolute Gasteiger partial charge is 0.466 e. The Hall–Kier alpha value is -2.43. The Morgan fingerprint density at radius 2 is 1.07 bits per heavy atom. The average molecular weight is 880 g/mol. The molecule has 2 rings (SSSR count). The first-order valence-corrected chi connectivity index (χ1v) is 25.7. The Labute approximate surface area is 370 Å². The van der Waals surface area contributed by atoms with Crippen LogP contribution in [0.3, 0.4) is 0 Å². The molecule has 2 aromatic rings. The average Bonchev–Trinajstić information content (AvgIpc) is 3.75. The minimum Gasteiger partial charge on any atom is -0.466 e. The van der Waals surface area contributed by atoms with Crippen molar-refractivity contribution in [3.8, 4) is 0 Å². The van der Waals surface area contributed by atoms with E-state index in [0.29, 0.717) is 13.0 Å². The summed E-state index contributed by atoms with van der Waals surface area (Å²) in [6.45, 7) is 8.47. The van der Waals surface area contributed by atoms with E-state index in [9.17, 15) is 19.0 Å². The van der Waals surface area contributed by atoms with E-state index >= 15 is 0 Å². The maximum Gasteiger partial charge on any atom is 0.472 e. The molecule has 2 aromatic heterocycles. The third-order valence-electron chi connectivity index (χ3n) is 11.2. The summed E-state index contributed by atoms with van der Waals surface area (Å²) in [5, 5.41) is 0. The van der Waals surface area contributed by atoms with Crippen molar-refractivity contribution in [1.82, 2.24) is 4.90 Å². The van der Waals surface area contributed by atoms with E-state index in [4.69, 9.17) is 27.4 Å². The molecule has 0 aliphatic rings. The monoisotopic (exact) mass is 880 g/mol. The summed E-state index contributed by atoms with van der Waals surface area (Å²) in [5.74, 6) is 3.72. The van der Waals surface area contributed by atoms with Crippen LogP contribution in [0.15, 0.2) is 21.0 Å². The molecule has 11 nitrogen and oxygen atoms in total. The van der Waals surface area contributed by atoms with E-state index < -0.39 is 26.5 Å². The third kappa shape index (κ3) is 28.1. The number of carbonyl (C=O) groups is 2. The molecule has 0 radical (unpaired) electrons. The molecular formula is C49H86NO10P. The van der Waals surface area contributed by atoms with Gasteiger partial charge in [-0.05, 0) is 89.7 Å². The van der Waals surface area contributed by atoms with Gasteiger partial charge in [0.05, 0.1) is 13.2 Å². The predicted molar refractivity (Wildman–Crippen MR) is 245 cm³/mol. The fraction of sp³-hybridized carbons (Fsp3) is 0.796. The lowest BCUT2D eigenvalue weighted by Crippen LogP contribution is -2.29. The van der Waals surface area contributed by atoms with Crippen LogP contribution in [-0.4, -0.2) is 68.3 Å². The zero-order valence-corrected chi connectivity index (χ0v) is 40.3. The van der Waals surface area contributed by atoms with Gasteiger partial charge in [-0.1, -0.05) is 117 Å². The number of ether oxygens (including phenoxy) is 2. The minimum absolute atomic E-state index is 0.00235. The zero-order chi connectivity index (χ0) is 44.6. The molecule has 0 bridgehead atoms. The van der Waals surface area contributed by atoms with Crippen LogP contribution in [0.4, 0.5) is 0 Å². The van der Waals surface area contributed by atoms with Crippen LogP contribution in [0.5, 0.6) is 0 Å². The molecule has 0 aliphatic carbocycles. The number of phosphoric acid groups is 1. The summed E-state index contributed by atoms with van der Waals surface area (Å²) in [6.07, 6.45) is 28.0. The number of unbranched alkanes of at least 4 members (excludes halogenated alkanes) is 18. The maximum atomic E-state index is 12.7. The molecular weight excluding hydrogens is 794 g/mol. The zero-order valence-electron chi connectivity index (χ0n) is 39.4. The first kappa shape index (κ1) is 54.7. The number of nitrogens with zero attached hydrogens (tertiary/aromatic N) is 1. The largest absolute Gasteiger partial charge is 0.472 e. The molecule has 2 heterocycles. The van der Waals surface area contributed by atoms with Gasteiger partial charge in [0.25, 0.3) is 0 Å². The molecule has 352 valence electrons. The highest BCUT2D eigenvalue weighted by Gasteiger charge is 2.26. The van der Waals surface area contributed by atoms with E-state index in [2.05, 4.69) is 39.8 Å². The Bertz CT molecular complexity index is 1470. The lowest BCUT2D eigenvalue weighted by molar-refractivity contribution is -0.161. The third-order valence-corrected chi connectivity index (χ3v) is 12.2. The van der Waals surface area contributed by atoms with Crippen LogP contribution in [0.25, 0.3) is 0 Å². The molecule has 0 aliphatic heterocycles. The summed E-state index contributed by atoms with van der Waals surface area (Å²) in [4.78, 5) is 37.3. The van der Waals surface area contributed by atoms with Crippen LogP contribution in [-0.2, 0) is 58.4 Å². The summed E-state index contributed by atoms with van der Waals surface area (Å²) in [6, 6.07) is 4.40. The van der Waals surface area contributed by atoms with E-state index in [0.717, 1.165) is 101 Å². The van der Waals surface area contributed by atoms with Gasteiger partial charge in [0.2, 0.25) is 0 Å². The van der Waals surface area contributed by atoms with Crippen molar-refractivity contribution in [2.24, 2.45) is 0 Å². The van der Waals surface area contributed by atoms with Gasteiger partial charge in [-0.2, -0.15) is 0 Å². The standard InChI is InChI=1S/C49H86NO10P/c1-7-9-24-30-44-38-42(4)47(59-44)32-26-20-16-12-10-11-13-18-22-27-33-48(51)55-39-45(40-57-61(53,54)56-36-35-50(5)6)60-49(52)34-28-23-19-15-14-17-21-25-31-46-41(3)37-43(58-46)29-8-2/h37-38,45H,7-36,39-40H2,1-6H3,(H,53,54)/t45-/m1/s1. The van der Waals surface area contributed by atoms with Gasteiger partial charge >= 0.3 is 19.8 Å². The second-order valence-corrected chi connectivity index (χ2v) is 18.9. The summed E-state index contributed by atoms with van der Waals surface area (Å²) < 4.78 is 45.7. The number of esters is 2. The molecule has 0 fully saturated rings. The predicted octanol–water partition coefficient (Wildman–Crippen LogP) is 12.9. The summed E-state index contributed by atoms with van der Waals surface area (Å²) in [5.41, 5.74) is 2.57. The van der Waals surface area contributed by atoms with Gasteiger partial charge in [-0.3, -0.25) is 18.6 Å². The SMILES string of the molecule is CCCCCc1cc(C)c(CCCCCCCCCCCCC(=O)OC[C@H](COP(=O)(O)OCCN(C)C)OC(=O)CCCCCCCCCCc2oc(CCC)cc2C)o1. The first-order chi connectivity index (χ1) is 29.4. The van der Waals surface area contributed by atoms with Crippen LogP contribution in [0, 0.1) is 13.8 Å². The highest BCUT2D eigenvalue weighted by atomic mass is 31.2. The molecule has 0 saturated heterocycles. The van der Waals surface area contributed by atoms with E-state index in [1.807, 2.05) is 19.0 Å². The number of carbonyl (C=O) groups excluding carboxylic acids is 2. The first-order valence-electron chi connectivity index (χ1n) is 24.2. The van der Waals surface area contributed by atoms with E-state index in [-0.39, 0.29) is 32.0 Å². The fourth-order valence-electron chi connectivity index (χ4n) is 7.48. The van der Waals surface area contributed by atoms with Gasteiger partial charge in [0.1, 0.15) is 29.6 Å². The molecule has 12 heteroatoms. The molecule has 0 aromatic carbocycles. The maximum absolute atomic E-state index is 12.7. The van der Waals surface area contributed by atoms with Crippen molar-refractivity contribution in [2.75, 3.05) is 40.5 Å². The number of rotatable bonds is 40. The van der Waals surface area contributed by atoms with Gasteiger partial charge < -0.3 is 28.1 Å². The Morgan fingerprint density at radius 3 is 1.56 bits per heavy atom. The topological polar surface area (TPSA) is 138 Å². The number of hydrogen-bond acceptors (Lipinski definition) is 10. The molecule has 1 N–H and O–H groups in total. The Kier molecular flexibility index (Phi) is 30.5. The van der Waals surface area contributed by atoms with Gasteiger partial charge in [0.15, 0.2) is 6.10 Å². The number of aryl methyl sites for hydroxylation is 6.